The Balaban J connectivity index is 1.92. The summed E-state index contributed by atoms with van der Waals surface area (Å²) >= 11 is 0. The van der Waals surface area contributed by atoms with Crippen LogP contribution < -0.4 is 5.32 Å². The first-order chi connectivity index (χ1) is 12.2. The summed E-state index contributed by atoms with van der Waals surface area (Å²) in [6.45, 7) is 5.28. The lowest BCUT2D eigenvalue weighted by Crippen LogP contribution is -2.43. The summed E-state index contributed by atoms with van der Waals surface area (Å²) in [7, 11) is 0. The number of carbonyl (C=O) groups excluding carboxylic acids is 2. The summed E-state index contributed by atoms with van der Waals surface area (Å²) in [6.07, 6.45) is -1.33. The van der Waals surface area contributed by atoms with Gasteiger partial charge in [-0.1, -0.05) is 30.3 Å². The number of rotatable bonds is 4. The number of carboxylic acid groups (broad SMARTS) is 1. The van der Waals surface area contributed by atoms with Gasteiger partial charge in [-0.15, -0.1) is 0 Å². The number of benzene rings is 1. The Hall–Kier alpha value is -2.77. The molecule has 1 fully saturated rings. The Morgan fingerprint density at radius 3 is 2.42 bits per heavy atom. The number of nitrogens with zero attached hydrogens (tertiary/aromatic N) is 1. The second kappa shape index (κ2) is 8.07. The van der Waals surface area contributed by atoms with Crippen molar-refractivity contribution in [2.75, 3.05) is 13.1 Å². The van der Waals surface area contributed by atoms with Gasteiger partial charge in [0.05, 0.1) is 12.0 Å². The number of carbonyl (C=O) groups is 3. The molecule has 8 heteroatoms. The van der Waals surface area contributed by atoms with E-state index in [4.69, 9.17) is 9.47 Å². The smallest absolute Gasteiger partial charge is 0.410 e. The molecule has 0 radical (unpaired) electrons. The van der Waals surface area contributed by atoms with Crippen molar-refractivity contribution in [2.45, 2.75) is 39.0 Å². The molecular formula is C18H24N2O6. The van der Waals surface area contributed by atoms with Gasteiger partial charge in [-0.05, 0) is 26.3 Å². The maximum Gasteiger partial charge on any atom is 0.410 e. The highest BCUT2D eigenvalue weighted by atomic mass is 16.6. The van der Waals surface area contributed by atoms with E-state index in [-0.39, 0.29) is 19.7 Å². The number of hydrogen-bond donors (Lipinski definition) is 2. The second-order valence-electron chi connectivity index (χ2n) is 7.14. The topological polar surface area (TPSA) is 105 Å². The first kappa shape index (κ1) is 19.6. The highest BCUT2D eigenvalue weighted by molar-refractivity contribution is 5.77. The molecule has 0 bridgehead atoms. The number of aliphatic carboxylic acids is 1. The van der Waals surface area contributed by atoms with E-state index in [2.05, 4.69) is 5.32 Å². The van der Waals surface area contributed by atoms with Crippen LogP contribution >= 0.6 is 0 Å². The fraction of sp³-hybridized carbons (Fsp3) is 0.500. The third kappa shape index (κ3) is 5.65. The van der Waals surface area contributed by atoms with Gasteiger partial charge in [-0.2, -0.15) is 0 Å². The van der Waals surface area contributed by atoms with E-state index in [1.165, 1.54) is 4.90 Å². The van der Waals surface area contributed by atoms with Gasteiger partial charge in [0.25, 0.3) is 0 Å². The minimum atomic E-state index is -1.09. The summed E-state index contributed by atoms with van der Waals surface area (Å²) in [5.41, 5.74) is 0.134. The average Bonchev–Trinajstić information content (AvgIpc) is 2.96. The van der Waals surface area contributed by atoms with Crippen molar-refractivity contribution in [3.05, 3.63) is 35.9 Å². The van der Waals surface area contributed by atoms with E-state index >= 15 is 0 Å². The minimum Gasteiger partial charge on any atom is -0.481 e. The Labute approximate surface area is 152 Å². The fourth-order valence-corrected chi connectivity index (χ4v) is 2.59. The van der Waals surface area contributed by atoms with Crippen LogP contribution in [0.3, 0.4) is 0 Å². The predicted octanol–water partition coefficient (Wildman–Crippen LogP) is 2.23. The van der Waals surface area contributed by atoms with E-state index in [1.807, 2.05) is 30.3 Å². The zero-order valence-corrected chi connectivity index (χ0v) is 15.1. The van der Waals surface area contributed by atoms with E-state index in [9.17, 15) is 19.5 Å². The molecule has 0 unspecified atom stereocenters. The van der Waals surface area contributed by atoms with Crippen LogP contribution in [-0.4, -0.2) is 52.9 Å². The molecule has 1 aromatic rings. The van der Waals surface area contributed by atoms with Gasteiger partial charge in [0.15, 0.2) is 0 Å². The standard InChI is InChI=1S/C18H24N2O6/c1-18(2,3)26-17(24)20-9-13(15(21)22)14(10-20)19-16(23)25-11-12-7-5-4-6-8-12/h4-8,13-14H,9-11H2,1-3H3,(H,19,23)(H,21,22)/t13-,14+/m1/s1. The van der Waals surface area contributed by atoms with Crippen molar-refractivity contribution in [3.8, 4) is 0 Å². The molecule has 0 aromatic heterocycles. The van der Waals surface area contributed by atoms with Crippen molar-refractivity contribution < 1.29 is 29.0 Å². The van der Waals surface area contributed by atoms with Gasteiger partial charge in [0.1, 0.15) is 12.2 Å². The summed E-state index contributed by atoms with van der Waals surface area (Å²) in [5, 5.41) is 11.9. The van der Waals surface area contributed by atoms with Gasteiger partial charge in [-0.25, -0.2) is 9.59 Å². The van der Waals surface area contributed by atoms with Crippen molar-refractivity contribution in [1.82, 2.24) is 10.2 Å². The van der Waals surface area contributed by atoms with Crippen molar-refractivity contribution in [3.63, 3.8) is 0 Å². The normalized spacial score (nSPS) is 19.7. The van der Waals surface area contributed by atoms with Gasteiger partial charge < -0.3 is 24.8 Å². The van der Waals surface area contributed by atoms with E-state index in [1.54, 1.807) is 20.8 Å². The first-order valence-electron chi connectivity index (χ1n) is 8.33. The lowest BCUT2D eigenvalue weighted by atomic mass is 10.0. The third-order valence-electron chi connectivity index (χ3n) is 3.80. The van der Waals surface area contributed by atoms with E-state index in [0.717, 1.165) is 5.56 Å². The van der Waals surface area contributed by atoms with Crippen LogP contribution in [0.5, 0.6) is 0 Å². The highest BCUT2D eigenvalue weighted by Gasteiger charge is 2.42. The Morgan fingerprint density at radius 1 is 1.19 bits per heavy atom. The Morgan fingerprint density at radius 2 is 1.85 bits per heavy atom. The van der Waals surface area contributed by atoms with Crippen LogP contribution in [0.4, 0.5) is 9.59 Å². The molecule has 1 saturated heterocycles. The molecule has 26 heavy (non-hydrogen) atoms. The van der Waals surface area contributed by atoms with Crippen molar-refractivity contribution >= 4 is 18.2 Å². The summed E-state index contributed by atoms with van der Waals surface area (Å²) in [4.78, 5) is 36.9. The summed E-state index contributed by atoms with van der Waals surface area (Å²) in [6, 6.07) is 8.38. The highest BCUT2D eigenvalue weighted by Crippen LogP contribution is 2.20. The van der Waals surface area contributed by atoms with E-state index < -0.39 is 35.7 Å². The maximum absolute atomic E-state index is 12.1. The molecule has 1 aliphatic rings. The van der Waals surface area contributed by atoms with Crippen LogP contribution in [0.15, 0.2) is 30.3 Å². The Bertz CT molecular complexity index is 655. The van der Waals surface area contributed by atoms with Crippen LogP contribution in [0, 0.1) is 5.92 Å². The van der Waals surface area contributed by atoms with Crippen LogP contribution in [0.2, 0.25) is 0 Å². The largest absolute Gasteiger partial charge is 0.481 e. The molecule has 2 rings (SSSR count). The van der Waals surface area contributed by atoms with Gasteiger partial charge in [0, 0.05) is 13.1 Å². The number of carboxylic acids is 1. The van der Waals surface area contributed by atoms with Gasteiger partial charge in [0.2, 0.25) is 0 Å². The number of likely N-dealkylation sites (tertiary alicyclic amines) is 1. The van der Waals surface area contributed by atoms with Gasteiger partial charge >= 0.3 is 18.2 Å². The molecule has 1 heterocycles. The number of ether oxygens (including phenoxy) is 2. The lowest BCUT2D eigenvalue weighted by Gasteiger charge is -2.24. The molecule has 1 aromatic carbocycles. The molecule has 0 spiro atoms. The molecule has 8 nitrogen and oxygen atoms in total. The Kier molecular flexibility index (Phi) is 6.07. The van der Waals surface area contributed by atoms with Crippen LogP contribution in [0.1, 0.15) is 26.3 Å². The molecular weight excluding hydrogens is 340 g/mol. The molecule has 2 atom stereocenters. The molecule has 2 amide bonds. The molecule has 1 aliphatic heterocycles. The predicted molar refractivity (Wildman–Crippen MR) is 92.5 cm³/mol. The quantitative estimate of drug-likeness (QED) is 0.849. The minimum absolute atomic E-state index is 0.0339. The van der Waals surface area contributed by atoms with Crippen LogP contribution in [0.25, 0.3) is 0 Å². The molecule has 142 valence electrons. The SMILES string of the molecule is CC(C)(C)OC(=O)N1C[C@H](NC(=O)OCc2ccccc2)[C@H](C(=O)O)C1. The molecule has 2 N–H and O–H groups in total. The second-order valence-corrected chi connectivity index (χ2v) is 7.14. The zero-order valence-electron chi connectivity index (χ0n) is 15.1. The summed E-state index contributed by atoms with van der Waals surface area (Å²) in [5.74, 6) is -2.02. The third-order valence-corrected chi connectivity index (χ3v) is 3.80. The zero-order chi connectivity index (χ0) is 19.3. The molecule has 0 saturated carbocycles. The van der Waals surface area contributed by atoms with Crippen molar-refractivity contribution in [2.24, 2.45) is 5.92 Å². The number of alkyl carbamates (subject to hydrolysis) is 1. The average molecular weight is 364 g/mol. The first-order valence-corrected chi connectivity index (χ1v) is 8.33. The molecule has 0 aliphatic carbocycles. The monoisotopic (exact) mass is 364 g/mol. The maximum atomic E-state index is 12.1. The van der Waals surface area contributed by atoms with Gasteiger partial charge in [-0.3, -0.25) is 4.79 Å². The van der Waals surface area contributed by atoms with Crippen molar-refractivity contribution in [1.29, 1.82) is 0 Å². The number of hydrogen-bond acceptors (Lipinski definition) is 5. The fourth-order valence-electron chi connectivity index (χ4n) is 2.59. The number of nitrogens with one attached hydrogen (secondary N) is 1. The number of amides is 2. The van der Waals surface area contributed by atoms with E-state index in [0.29, 0.717) is 0 Å². The summed E-state index contributed by atoms with van der Waals surface area (Å²) < 4.78 is 10.4. The lowest BCUT2D eigenvalue weighted by molar-refractivity contribution is -0.141. The van der Waals surface area contributed by atoms with Crippen LogP contribution in [-0.2, 0) is 20.9 Å².